The Morgan fingerprint density at radius 2 is 2.31 bits per heavy atom. The minimum absolute atomic E-state index is 0.171. The van der Waals surface area contributed by atoms with Gasteiger partial charge in [-0.25, -0.2) is 0 Å². The number of rotatable bonds is 6. The molecule has 94 valence electrons. The van der Waals surface area contributed by atoms with Gasteiger partial charge in [-0.05, 0) is 32.9 Å². The van der Waals surface area contributed by atoms with E-state index in [0.717, 1.165) is 32.5 Å². The highest BCUT2D eigenvalue weighted by Gasteiger charge is 2.19. The molecule has 2 N–H and O–H groups in total. The lowest BCUT2D eigenvalue weighted by atomic mass is 10.1. The highest BCUT2D eigenvalue weighted by Crippen LogP contribution is 2.08. The average molecular weight is 227 g/mol. The number of hydrogen-bond acceptors (Lipinski definition) is 3. The Hall–Kier alpha value is -0.610. The van der Waals surface area contributed by atoms with Crippen molar-refractivity contribution in [3.63, 3.8) is 0 Å². The molecule has 0 saturated carbocycles. The van der Waals surface area contributed by atoms with Crippen molar-refractivity contribution >= 4 is 5.91 Å². The van der Waals surface area contributed by atoms with Gasteiger partial charge < -0.3 is 10.6 Å². The number of carbonyl (C=O) groups excluding carboxylic acids is 1. The first kappa shape index (κ1) is 13.5. The Labute approximate surface area is 98.8 Å². The summed E-state index contributed by atoms with van der Waals surface area (Å²) >= 11 is 0. The molecule has 0 spiro atoms. The predicted octanol–water partition coefficient (Wildman–Crippen LogP) is 0.587. The van der Waals surface area contributed by atoms with Crippen molar-refractivity contribution in [2.45, 2.75) is 38.6 Å². The Bertz CT molecular complexity index is 208. The van der Waals surface area contributed by atoms with Gasteiger partial charge in [-0.15, -0.1) is 0 Å². The van der Waals surface area contributed by atoms with Crippen LogP contribution in [0.1, 0.15) is 32.6 Å². The molecule has 1 aliphatic rings. The molecule has 4 heteroatoms. The van der Waals surface area contributed by atoms with Gasteiger partial charge in [0.05, 0.1) is 6.54 Å². The molecule has 0 aromatic rings. The number of likely N-dealkylation sites (N-methyl/N-ethyl adjacent to an activating group) is 1. The minimum Gasteiger partial charge on any atom is -0.355 e. The summed E-state index contributed by atoms with van der Waals surface area (Å²) in [4.78, 5) is 13.8. The van der Waals surface area contributed by atoms with E-state index in [2.05, 4.69) is 22.5 Å². The first-order chi connectivity index (χ1) is 7.76. The average Bonchev–Trinajstić information content (AvgIpc) is 2.29. The van der Waals surface area contributed by atoms with Crippen LogP contribution >= 0.6 is 0 Å². The van der Waals surface area contributed by atoms with Gasteiger partial charge in [-0.3, -0.25) is 9.69 Å². The summed E-state index contributed by atoms with van der Waals surface area (Å²) in [7, 11) is 2.00. The summed E-state index contributed by atoms with van der Waals surface area (Å²) in [6, 6.07) is 0.553. The molecule has 1 fully saturated rings. The van der Waals surface area contributed by atoms with Crippen LogP contribution in [0.15, 0.2) is 0 Å². The van der Waals surface area contributed by atoms with Gasteiger partial charge in [-0.2, -0.15) is 0 Å². The molecule has 1 rings (SSSR count). The third-order valence-corrected chi connectivity index (χ3v) is 3.13. The third kappa shape index (κ3) is 4.94. The fourth-order valence-corrected chi connectivity index (χ4v) is 2.10. The molecule has 16 heavy (non-hydrogen) atoms. The van der Waals surface area contributed by atoms with Crippen molar-refractivity contribution in [3.05, 3.63) is 0 Å². The summed E-state index contributed by atoms with van der Waals surface area (Å²) in [6.45, 7) is 5.56. The van der Waals surface area contributed by atoms with E-state index in [1.165, 1.54) is 12.8 Å². The maximum Gasteiger partial charge on any atom is 0.234 e. The van der Waals surface area contributed by atoms with E-state index >= 15 is 0 Å². The van der Waals surface area contributed by atoms with E-state index in [1.54, 1.807) is 0 Å². The second kappa shape index (κ2) is 7.63. The standard InChI is InChI=1S/C12H25N3O/c1-3-4-7-14-12(16)10-15-8-5-6-11(9-15)13-2/h11,13H,3-10H2,1-2H3,(H,14,16). The molecule has 1 unspecified atom stereocenters. The van der Waals surface area contributed by atoms with E-state index in [9.17, 15) is 4.79 Å². The number of amides is 1. The maximum absolute atomic E-state index is 11.6. The summed E-state index contributed by atoms with van der Waals surface area (Å²) in [5, 5.41) is 6.25. The highest BCUT2D eigenvalue weighted by atomic mass is 16.2. The zero-order chi connectivity index (χ0) is 11.8. The second-order valence-electron chi connectivity index (χ2n) is 4.57. The Morgan fingerprint density at radius 3 is 3.00 bits per heavy atom. The number of piperidine rings is 1. The Balaban J connectivity index is 2.17. The second-order valence-corrected chi connectivity index (χ2v) is 4.57. The summed E-state index contributed by atoms with van der Waals surface area (Å²) in [5.74, 6) is 0.171. The molecule has 0 aromatic carbocycles. The fraction of sp³-hybridized carbons (Fsp3) is 0.917. The van der Waals surface area contributed by atoms with E-state index in [1.807, 2.05) is 7.05 Å². The van der Waals surface area contributed by atoms with E-state index in [-0.39, 0.29) is 5.91 Å². The number of carbonyl (C=O) groups is 1. The first-order valence-corrected chi connectivity index (χ1v) is 6.42. The van der Waals surface area contributed by atoms with Crippen LogP contribution in [0.25, 0.3) is 0 Å². The molecule has 1 amide bonds. The number of likely N-dealkylation sites (tertiary alicyclic amines) is 1. The van der Waals surface area contributed by atoms with Crippen molar-refractivity contribution < 1.29 is 4.79 Å². The monoisotopic (exact) mass is 227 g/mol. The molecule has 1 aliphatic heterocycles. The molecule has 0 aliphatic carbocycles. The zero-order valence-electron chi connectivity index (χ0n) is 10.6. The van der Waals surface area contributed by atoms with Crippen molar-refractivity contribution in [2.24, 2.45) is 0 Å². The van der Waals surface area contributed by atoms with Gasteiger partial charge in [0.15, 0.2) is 0 Å². The topological polar surface area (TPSA) is 44.4 Å². The Kier molecular flexibility index (Phi) is 6.42. The zero-order valence-corrected chi connectivity index (χ0v) is 10.6. The maximum atomic E-state index is 11.6. The van der Waals surface area contributed by atoms with Gasteiger partial charge in [0, 0.05) is 19.1 Å². The van der Waals surface area contributed by atoms with Crippen molar-refractivity contribution in [1.29, 1.82) is 0 Å². The van der Waals surface area contributed by atoms with Crippen LogP contribution in [0, 0.1) is 0 Å². The third-order valence-electron chi connectivity index (χ3n) is 3.13. The van der Waals surface area contributed by atoms with E-state index in [4.69, 9.17) is 0 Å². The van der Waals surface area contributed by atoms with Crippen LogP contribution in [0.2, 0.25) is 0 Å². The molecule has 1 atom stereocenters. The van der Waals surface area contributed by atoms with E-state index in [0.29, 0.717) is 12.6 Å². The van der Waals surface area contributed by atoms with Gasteiger partial charge in [-0.1, -0.05) is 13.3 Å². The summed E-state index contributed by atoms with van der Waals surface area (Å²) < 4.78 is 0. The summed E-state index contributed by atoms with van der Waals surface area (Å²) in [6.07, 6.45) is 4.62. The number of hydrogen-bond donors (Lipinski definition) is 2. The minimum atomic E-state index is 0.171. The number of nitrogens with one attached hydrogen (secondary N) is 2. The molecular formula is C12H25N3O. The number of nitrogens with zero attached hydrogens (tertiary/aromatic N) is 1. The quantitative estimate of drug-likeness (QED) is 0.653. The molecule has 1 saturated heterocycles. The van der Waals surface area contributed by atoms with Crippen molar-refractivity contribution in [3.8, 4) is 0 Å². The fourth-order valence-electron chi connectivity index (χ4n) is 2.10. The molecule has 1 heterocycles. The SMILES string of the molecule is CCCCNC(=O)CN1CCCC(NC)C1. The lowest BCUT2D eigenvalue weighted by molar-refractivity contribution is -0.122. The van der Waals surface area contributed by atoms with Crippen LogP contribution < -0.4 is 10.6 Å². The van der Waals surface area contributed by atoms with Gasteiger partial charge in [0.25, 0.3) is 0 Å². The first-order valence-electron chi connectivity index (χ1n) is 6.42. The smallest absolute Gasteiger partial charge is 0.234 e. The van der Waals surface area contributed by atoms with Gasteiger partial charge in [0.2, 0.25) is 5.91 Å². The molecular weight excluding hydrogens is 202 g/mol. The van der Waals surface area contributed by atoms with Crippen LogP contribution in [0.3, 0.4) is 0 Å². The molecule has 0 radical (unpaired) electrons. The molecule has 0 aromatic heterocycles. The predicted molar refractivity (Wildman–Crippen MR) is 66.4 cm³/mol. The van der Waals surface area contributed by atoms with E-state index < -0.39 is 0 Å². The van der Waals surface area contributed by atoms with Gasteiger partial charge in [0.1, 0.15) is 0 Å². The van der Waals surface area contributed by atoms with Crippen molar-refractivity contribution in [1.82, 2.24) is 15.5 Å². The normalized spacial score (nSPS) is 22.0. The van der Waals surface area contributed by atoms with Crippen LogP contribution in [0.5, 0.6) is 0 Å². The number of unbranched alkanes of at least 4 members (excludes halogenated alkanes) is 1. The van der Waals surface area contributed by atoms with Crippen molar-refractivity contribution in [2.75, 3.05) is 33.2 Å². The van der Waals surface area contributed by atoms with Crippen LogP contribution in [0.4, 0.5) is 0 Å². The molecule has 0 bridgehead atoms. The van der Waals surface area contributed by atoms with Crippen LogP contribution in [-0.2, 0) is 4.79 Å². The largest absolute Gasteiger partial charge is 0.355 e. The lowest BCUT2D eigenvalue weighted by Gasteiger charge is -2.31. The highest BCUT2D eigenvalue weighted by molar-refractivity contribution is 5.77. The summed E-state index contributed by atoms with van der Waals surface area (Å²) in [5.41, 5.74) is 0. The van der Waals surface area contributed by atoms with Crippen LogP contribution in [-0.4, -0.2) is 50.1 Å². The Morgan fingerprint density at radius 1 is 1.50 bits per heavy atom. The molecule has 4 nitrogen and oxygen atoms in total. The van der Waals surface area contributed by atoms with Gasteiger partial charge >= 0.3 is 0 Å². The lowest BCUT2D eigenvalue weighted by Crippen LogP contribution is -2.48.